The van der Waals surface area contributed by atoms with Crippen molar-refractivity contribution in [3.63, 3.8) is 0 Å². The van der Waals surface area contributed by atoms with Crippen molar-refractivity contribution in [3.05, 3.63) is 0 Å². The zero-order valence-electron chi connectivity index (χ0n) is 11.7. The molecular formula is C12H26N4O2. The lowest BCUT2D eigenvalue weighted by Gasteiger charge is -2.29. The third kappa shape index (κ3) is 6.18. The van der Waals surface area contributed by atoms with Crippen molar-refractivity contribution in [2.75, 3.05) is 60.1 Å². The van der Waals surface area contributed by atoms with Crippen LogP contribution in [0.3, 0.4) is 0 Å². The first kappa shape index (κ1) is 15.2. The number of aliphatic imine (C=N–C) groups is 1. The molecule has 0 aromatic rings. The molecule has 1 heterocycles. The molecule has 1 rings (SSSR count). The van der Waals surface area contributed by atoms with Gasteiger partial charge in [0.2, 0.25) is 0 Å². The number of methoxy groups -OCH3 is 1. The number of hydrogen-bond donors (Lipinski definition) is 2. The lowest BCUT2D eigenvalue weighted by molar-refractivity contribution is -0.0136. The van der Waals surface area contributed by atoms with Crippen molar-refractivity contribution in [1.82, 2.24) is 15.5 Å². The molecule has 0 spiro atoms. The average molecular weight is 258 g/mol. The van der Waals surface area contributed by atoms with Crippen molar-refractivity contribution in [1.29, 1.82) is 0 Å². The summed E-state index contributed by atoms with van der Waals surface area (Å²) in [6.07, 6.45) is 0.196. The van der Waals surface area contributed by atoms with Crippen LogP contribution in [0.5, 0.6) is 0 Å². The zero-order valence-corrected chi connectivity index (χ0v) is 11.7. The second-order valence-electron chi connectivity index (χ2n) is 4.39. The highest BCUT2D eigenvalue weighted by Gasteiger charge is 2.17. The van der Waals surface area contributed by atoms with E-state index < -0.39 is 0 Å². The number of guanidine groups is 1. The molecule has 2 N–H and O–H groups in total. The number of morpholine rings is 1. The van der Waals surface area contributed by atoms with E-state index in [2.05, 4.69) is 34.5 Å². The van der Waals surface area contributed by atoms with Crippen LogP contribution >= 0.6 is 0 Å². The Morgan fingerprint density at radius 3 is 3.00 bits per heavy atom. The molecule has 0 amide bonds. The van der Waals surface area contributed by atoms with Gasteiger partial charge in [-0.2, -0.15) is 0 Å². The lowest BCUT2D eigenvalue weighted by atomic mass is 10.3. The van der Waals surface area contributed by atoms with Gasteiger partial charge in [-0.05, 0) is 14.0 Å². The highest BCUT2D eigenvalue weighted by atomic mass is 16.5. The molecule has 0 aliphatic carbocycles. The van der Waals surface area contributed by atoms with Crippen LogP contribution in [-0.4, -0.2) is 77.1 Å². The SMILES string of the molecule is CCNC(=NCC1CN(C)CCO1)NCCOC. The Balaban J connectivity index is 2.33. The van der Waals surface area contributed by atoms with E-state index in [-0.39, 0.29) is 6.10 Å². The van der Waals surface area contributed by atoms with Crippen molar-refractivity contribution in [2.45, 2.75) is 13.0 Å². The van der Waals surface area contributed by atoms with Gasteiger partial charge in [0.15, 0.2) is 5.96 Å². The standard InChI is InChI=1S/C12H26N4O2/c1-4-13-12(14-5-7-17-3)15-9-11-10-16(2)6-8-18-11/h11H,4-10H2,1-3H3,(H2,13,14,15). The average Bonchev–Trinajstić information content (AvgIpc) is 2.36. The summed E-state index contributed by atoms with van der Waals surface area (Å²) in [4.78, 5) is 6.80. The molecule has 6 nitrogen and oxygen atoms in total. The quantitative estimate of drug-likeness (QED) is 0.383. The Morgan fingerprint density at radius 2 is 2.33 bits per heavy atom. The second kappa shape index (κ2) is 9.13. The van der Waals surface area contributed by atoms with E-state index in [1.54, 1.807) is 7.11 Å². The molecule has 1 fully saturated rings. The van der Waals surface area contributed by atoms with Gasteiger partial charge in [0.1, 0.15) is 0 Å². The summed E-state index contributed by atoms with van der Waals surface area (Å²) < 4.78 is 10.7. The maximum Gasteiger partial charge on any atom is 0.191 e. The van der Waals surface area contributed by atoms with Crippen molar-refractivity contribution >= 4 is 5.96 Å². The minimum atomic E-state index is 0.196. The molecule has 106 valence electrons. The molecule has 1 aliphatic rings. The first-order chi connectivity index (χ1) is 8.76. The Hall–Kier alpha value is -0.850. The number of likely N-dealkylation sites (N-methyl/N-ethyl adjacent to an activating group) is 1. The van der Waals surface area contributed by atoms with Crippen LogP contribution in [0.4, 0.5) is 0 Å². The highest BCUT2D eigenvalue weighted by molar-refractivity contribution is 5.79. The van der Waals surface area contributed by atoms with Gasteiger partial charge in [0.25, 0.3) is 0 Å². The molecule has 0 aromatic heterocycles. The van der Waals surface area contributed by atoms with Crippen molar-refractivity contribution in [3.8, 4) is 0 Å². The van der Waals surface area contributed by atoms with Gasteiger partial charge in [-0.25, -0.2) is 0 Å². The molecule has 0 aromatic carbocycles. The maximum absolute atomic E-state index is 5.67. The smallest absolute Gasteiger partial charge is 0.191 e. The topological polar surface area (TPSA) is 58.1 Å². The first-order valence-corrected chi connectivity index (χ1v) is 6.57. The van der Waals surface area contributed by atoms with Crippen LogP contribution in [-0.2, 0) is 9.47 Å². The molecule has 0 radical (unpaired) electrons. The van der Waals surface area contributed by atoms with Crippen LogP contribution < -0.4 is 10.6 Å². The molecule has 18 heavy (non-hydrogen) atoms. The van der Waals surface area contributed by atoms with Crippen LogP contribution in [0.15, 0.2) is 4.99 Å². The van der Waals surface area contributed by atoms with Gasteiger partial charge < -0.3 is 25.0 Å². The van der Waals surface area contributed by atoms with Crippen molar-refractivity contribution < 1.29 is 9.47 Å². The van der Waals surface area contributed by atoms with Gasteiger partial charge in [-0.1, -0.05) is 0 Å². The van der Waals surface area contributed by atoms with E-state index in [0.717, 1.165) is 38.7 Å². The van der Waals surface area contributed by atoms with Crippen LogP contribution in [0.1, 0.15) is 6.92 Å². The molecule has 0 bridgehead atoms. The second-order valence-corrected chi connectivity index (χ2v) is 4.39. The minimum absolute atomic E-state index is 0.196. The zero-order chi connectivity index (χ0) is 13.2. The Labute approximate surface area is 110 Å². The number of nitrogens with zero attached hydrogens (tertiary/aromatic N) is 2. The number of rotatable bonds is 6. The molecular weight excluding hydrogens is 232 g/mol. The number of hydrogen-bond acceptors (Lipinski definition) is 4. The predicted molar refractivity (Wildman–Crippen MR) is 73.1 cm³/mol. The van der Waals surface area contributed by atoms with E-state index in [9.17, 15) is 0 Å². The van der Waals surface area contributed by atoms with Crippen LogP contribution in [0, 0.1) is 0 Å². The first-order valence-electron chi connectivity index (χ1n) is 6.57. The molecule has 1 saturated heterocycles. The lowest BCUT2D eigenvalue weighted by Crippen LogP contribution is -2.43. The largest absolute Gasteiger partial charge is 0.383 e. The fourth-order valence-electron chi connectivity index (χ4n) is 1.78. The van der Waals surface area contributed by atoms with E-state index >= 15 is 0 Å². The normalized spacial score (nSPS) is 21.9. The van der Waals surface area contributed by atoms with Crippen molar-refractivity contribution in [2.24, 2.45) is 4.99 Å². The van der Waals surface area contributed by atoms with Crippen LogP contribution in [0.25, 0.3) is 0 Å². The van der Waals surface area contributed by atoms with E-state index in [4.69, 9.17) is 9.47 Å². The minimum Gasteiger partial charge on any atom is -0.383 e. The van der Waals surface area contributed by atoms with E-state index in [1.807, 2.05) is 0 Å². The van der Waals surface area contributed by atoms with Gasteiger partial charge in [-0.3, -0.25) is 4.99 Å². The summed E-state index contributed by atoms with van der Waals surface area (Å²) in [6, 6.07) is 0. The summed E-state index contributed by atoms with van der Waals surface area (Å²) in [6.45, 7) is 7.77. The summed E-state index contributed by atoms with van der Waals surface area (Å²) in [5.41, 5.74) is 0. The fourth-order valence-corrected chi connectivity index (χ4v) is 1.78. The third-order valence-electron chi connectivity index (χ3n) is 2.74. The van der Waals surface area contributed by atoms with E-state index in [1.165, 1.54) is 0 Å². The van der Waals surface area contributed by atoms with Gasteiger partial charge in [0, 0.05) is 33.3 Å². The molecule has 1 aliphatic heterocycles. The van der Waals surface area contributed by atoms with Gasteiger partial charge in [-0.15, -0.1) is 0 Å². The fraction of sp³-hybridized carbons (Fsp3) is 0.917. The summed E-state index contributed by atoms with van der Waals surface area (Å²) in [7, 11) is 3.80. The molecule has 1 unspecified atom stereocenters. The Morgan fingerprint density at radius 1 is 1.50 bits per heavy atom. The molecule has 0 saturated carbocycles. The summed E-state index contributed by atoms with van der Waals surface area (Å²) in [5, 5.41) is 6.42. The Bertz CT molecular complexity index is 248. The van der Waals surface area contributed by atoms with Crippen LogP contribution in [0.2, 0.25) is 0 Å². The van der Waals surface area contributed by atoms with Gasteiger partial charge in [0.05, 0.1) is 25.9 Å². The monoisotopic (exact) mass is 258 g/mol. The third-order valence-corrected chi connectivity index (χ3v) is 2.74. The predicted octanol–water partition coefficient (Wildman–Crippen LogP) is -0.481. The Kier molecular flexibility index (Phi) is 7.71. The summed E-state index contributed by atoms with van der Waals surface area (Å²) in [5.74, 6) is 0.825. The highest BCUT2D eigenvalue weighted by Crippen LogP contribution is 2.02. The maximum atomic E-state index is 5.67. The number of nitrogens with one attached hydrogen (secondary N) is 2. The molecule has 6 heteroatoms. The molecule has 1 atom stereocenters. The summed E-state index contributed by atoms with van der Waals surface area (Å²) >= 11 is 0. The number of ether oxygens (including phenoxy) is 2. The van der Waals surface area contributed by atoms with E-state index in [0.29, 0.717) is 13.2 Å². The van der Waals surface area contributed by atoms with Gasteiger partial charge >= 0.3 is 0 Å².